The molecule has 0 unspecified atom stereocenters. The van der Waals surface area contributed by atoms with E-state index >= 15 is 0 Å². The Morgan fingerprint density at radius 2 is 2.15 bits per heavy atom. The van der Waals surface area contributed by atoms with Crippen molar-refractivity contribution in [1.82, 2.24) is 0 Å². The number of carbonyl (C=O) groups is 1. The molecule has 1 rings (SSSR count). The van der Waals surface area contributed by atoms with Crippen LogP contribution in [0.25, 0.3) is 0 Å². The number of rotatable bonds is 3. The predicted octanol–water partition coefficient (Wildman–Crippen LogP) is 1.59. The van der Waals surface area contributed by atoms with Crippen molar-refractivity contribution in [2.75, 3.05) is 0 Å². The predicted molar refractivity (Wildman–Crippen MR) is 44.7 cm³/mol. The van der Waals surface area contributed by atoms with Crippen LogP contribution in [0.15, 0.2) is 24.3 Å². The van der Waals surface area contributed by atoms with E-state index in [1.807, 2.05) is 0 Å². The fourth-order valence-electron chi connectivity index (χ4n) is 1.03. The molecular formula is C9H9F2NO. The van der Waals surface area contributed by atoms with Crippen LogP contribution in [-0.2, 0) is 6.42 Å². The monoisotopic (exact) mass is 185 g/mol. The Morgan fingerprint density at radius 1 is 1.46 bits per heavy atom. The van der Waals surface area contributed by atoms with Crippen LogP contribution < -0.4 is 5.73 Å². The molecule has 1 aromatic rings. The number of nitrogens with two attached hydrogens (primary N) is 1. The molecule has 4 heteroatoms. The number of benzene rings is 1. The SMILES string of the molecule is NC(=O)c1cccc(CC(F)F)c1. The lowest BCUT2D eigenvalue weighted by molar-refractivity contribution is 0.0999. The maximum absolute atomic E-state index is 11.9. The molecule has 13 heavy (non-hydrogen) atoms. The van der Waals surface area contributed by atoms with Crippen molar-refractivity contribution in [3.05, 3.63) is 35.4 Å². The standard InChI is InChI=1S/C9H9F2NO/c10-8(11)5-6-2-1-3-7(4-6)9(12)13/h1-4,8H,5H2,(H2,12,13). The fourth-order valence-corrected chi connectivity index (χ4v) is 1.03. The topological polar surface area (TPSA) is 43.1 Å². The molecule has 0 aliphatic heterocycles. The van der Waals surface area contributed by atoms with Crippen molar-refractivity contribution in [2.45, 2.75) is 12.8 Å². The third-order valence-electron chi connectivity index (χ3n) is 1.60. The lowest BCUT2D eigenvalue weighted by Crippen LogP contribution is -2.11. The van der Waals surface area contributed by atoms with Crippen molar-refractivity contribution in [2.24, 2.45) is 5.73 Å². The third kappa shape index (κ3) is 2.82. The van der Waals surface area contributed by atoms with Gasteiger partial charge in [-0.25, -0.2) is 8.78 Å². The Hall–Kier alpha value is -1.45. The van der Waals surface area contributed by atoms with Crippen LogP contribution in [0.2, 0.25) is 0 Å². The van der Waals surface area contributed by atoms with Gasteiger partial charge in [0.05, 0.1) is 0 Å². The average molecular weight is 185 g/mol. The molecule has 2 nitrogen and oxygen atoms in total. The number of alkyl halides is 2. The van der Waals surface area contributed by atoms with Crippen LogP contribution in [0.3, 0.4) is 0 Å². The van der Waals surface area contributed by atoms with Gasteiger partial charge in [-0.15, -0.1) is 0 Å². The lowest BCUT2D eigenvalue weighted by atomic mass is 10.1. The molecule has 0 saturated carbocycles. The zero-order chi connectivity index (χ0) is 9.84. The first-order valence-electron chi connectivity index (χ1n) is 3.76. The van der Waals surface area contributed by atoms with Gasteiger partial charge in [0.25, 0.3) is 0 Å². The summed E-state index contributed by atoms with van der Waals surface area (Å²) in [6, 6.07) is 5.96. The van der Waals surface area contributed by atoms with Crippen LogP contribution >= 0.6 is 0 Å². The summed E-state index contributed by atoms with van der Waals surface area (Å²) in [5.74, 6) is -0.601. The second kappa shape index (κ2) is 3.98. The van der Waals surface area contributed by atoms with E-state index in [1.165, 1.54) is 18.2 Å². The first-order chi connectivity index (χ1) is 6.09. The average Bonchev–Trinajstić information content (AvgIpc) is 2.03. The van der Waals surface area contributed by atoms with Gasteiger partial charge in [-0.3, -0.25) is 4.79 Å². The van der Waals surface area contributed by atoms with E-state index in [4.69, 9.17) is 5.73 Å². The third-order valence-corrected chi connectivity index (χ3v) is 1.60. The smallest absolute Gasteiger partial charge is 0.248 e. The van der Waals surface area contributed by atoms with Gasteiger partial charge in [0.15, 0.2) is 0 Å². The van der Waals surface area contributed by atoms with Gasteiger partial charge in [-0.2, -0.15) is 0 Å². The molecule has 0 fully saturated rings. The molecule has 0 heterocycles. The minimum atomic E-state index is -2.40. The minimum absolute atomic E-state index is 0.262. The highest BCUT2D eigenvalue weighted by Crippen LogP contribution is 2.09. The zero-order valence-electron chi connectivity index (χ0n) is 6.84. The summed E-state index contributed by atoms with van der Waals surface area (Å²) in [6.45, 7) is 0. The van der Waals surface area contributed by atoms with Gasteiger partial charge in [-0.1, -0.05) is 12.1 Å². The Bertz CT molecular complexity index is 312. The lowest BCUT2D eigenvalue weighted by Gasteiger charge is -2.01. The molecule has 1 aromatic carbocycles. The summed E-state index contributed by atoms with van der Waals surface area (Å²) in [7, 11) is 0. The van der Waals surface area contributed by atoms with E-state index < -0.39 is 12.3 Å². The van der Waals surface area contributed by atoms with Crippen LogP contribution in [-0.4, -0.2) is 12.3 Å². The summed E-state index contributed by atoms with van der Waals surface area (Å²) in [6.07, 6.45) is -2.75. The maximum atomic E-state index is 11.9. The molecule has 0 aromatic heterocycles. The fraction of sp³-hybridized carbons (Fsp3) is 0.222. The number of carbonyl (C=O) groups excluding carboxylic acids is 1. The highest BCUT2D eigenvalue weighted by molar-refractivity contribution is 5.92. The van der Waals surface area contributed by atoms with Crippen LogP contribution in [0, 0.1) is 0 Å². The minimum Gasteiger partial charge on any atom is -0.366 e. The molecule has 2 N–H and O–H groups in total. The second-order valence-corrected chi connectivity index (χ2v) is 2.66. The van der Waals surface area contributed by atoms with Gasteiger partial charge in [-0.05, 0) is 17.7 Å². The summed E-state index contributed by atoms with van der Waals surface area (Å²) in [5, 5.41) is 0. The van der Waals surface area contributed by atoms with Gasteiger partial charge < -0.3 is 5.73 Å². The van der Waals surface area contributed by atoms with E-state index in [9.17, 15) is 13.6 Å². The molecule has 0 aliphatic rings. The van der Waals surface area contributed by atoms with Gasteiger partial charge in [0, 0.05) is 12.0 Å². The highest BCUT2D eigenvalue weighted by atomic mass is 19.3. The van der Waals surface area contributed by atoms with Crippen LogP contribution in [0.5, 0.6) is 0 Å². The van der Waals surface area contributed by atoms with E-state index in [0.717, 1.165) is 0 Å². The van der Waals surface area contributed by atoms with Gasteiger partial charge in [0.1, 0.15) is 0 Å². The van der Waals surface area contributed by atoms with Crippen molar-refractivity contribution in [1.29, 1.82) is 0 Å². The molecular weight excluding hydrogens is 176 g/mol. The highest BCUT2D eigenvalue weighted by Gasteiger charge is 2.06. The zero-order valence-corrected chi connectivity index (χ0v) is 6.84. The van der Waals surface area contributed by atoms with Gasteiger partial charge in [0.2, 0.25) is 12.3 Å². The molecule has 0 spiro atoms. The van der Waals surface area contributed by atoms with E-state index in [-0.39, 0.29) is 12.0 Å². The van der Waals surface area contributed by atoms with Crippen molar-refractivity contribution in [3.8, 4) is 0 Å². The number of amides is 1. The molecule has 0 aliphatic carbocycles. The van der Waals surface area contributed by atoms with Gasteiger partial charge >= 0.3 is 0 Å². The first-order valence-corrected chi connectivity index (χ1v) is 3.76. The Labute approximate surface area is 74.4 Å². The van der Waals surface area contributed by atoms with Crippen molar-refractivity contribution in [3.63, 3.8) is 0 Å². The van der Waals surface area contributed by atoms with Crippen molar-refractivity contribution < 1.29 is 13.6 Å². The number of hydrogen-bond acceptors (Lipinski definition) is 1. The molecule has 0 saturated heterocycles. The Morgan fingerprint density at radius 3 is 2.69 bits per heavy atom. The summed E-state index contributed by atoms with van der Waals surface area (Å²) >= 11 is 0. The number of hydrogen-bond donors (Lipinski definition) is 1. The number of halogens is 2. The van der Waals surface area contributed by atoms with Crippen LogP contribution in [0.4, 0.5) is 8.78 Å². The molecule has 0 bridgehead atoms. The molecule has 0 radical (unpaired) electrons. The summed E-state index contributed by atoms with van der Waals surface area (Å²) < 4.78 is 23.9. The number of primary amides is 1. The van der Waals surface area contributed by atoms with Crippen LogP contribution in [0.1, 0.15) is 15.9 Å². The molecule has 70 valence electrons. The van der Waals surface area contributed by atoms with Crippen molar-refractivity contribution >= 4 is 5.91 Å². The summed E-state index contributed by atoms with van der Waals surface area (Å²) in [4.78, 5) is 10.7. The Balaban J connectivity index is 2.85. The Kier molecular flexibility index (Phi) is 2.95. The van der Waals surface area contributed by atoms with E-state index in [0.29, 0.717) is 5.56 Å². The largest absolute Gasteiger partial charge is 0.366 e. The normalized spacial score (nSPS) is 10.4. The second-order valence-electron chi connectivity index (χ2n) is 2.66. The maximum Gasteiger partial charge on any atom is 0.248 e. The first kappa shape index (κ1) is 9.64. The van der Waals surface area contributed by atoms with E-state index in [2.05, 4.69) is 0 Å². The molecule has 1 amide bonds. The summed E-state index contributed by atoms with van der Waals surface area (Å²) in [5.41, 5.74) is 5.67. The quantitative estimate of drug-likeness (QED) is 0.763. The molecule has 0 atom stereocenters. The van der Waals surface area contributed by atoms with E-state index in [1.54, 1.807) is 6.07 Å².